The van der Waals surface area contributed by atoms with Crippen LogP contribution in [0.3, 0.4) is 0 Å². The molecule has 2 aromatic heterocycles. The highest BCUT2D eigenvalue weighted by Gasteiger charge is 2.14. The van der Waals surface area contributed by atoms with E-state index in [4.69, 9.17) is 5.84 Å². The van der Waals surface area contributed by atoms with Crippen LogP contribution in [0.25, 0.3) is 10.6 Å². The van der Waals surface area contributed by atoms with Gasteiger partial charge in [-0.15, -0.1) is 0 Å². The van der Waals surface area contributed by atoms with E-state index in [2.05, 4.69) is 38.8 Å². The van der Waals surface area contributed by atoms with Gasteiger partial charge in [0.1, 0.15) is 5.01 Å². The Hall–Kier alpha value is -1.47. The fraction of sp³-hybridized carbons (Fsp3) is 0.375. The van der Waals surface area contributed by atoms with Gasteiger partial charge in [0.05, 0.1) is 11.8 Å². The molecule has 2 rings (SSSR count). The van der Waals surface area contributed by atoms with E-state index in [0.717, 1.165) is 16.3 Å². The maximum atomic E-state index is 5.22. The smallest absolute Gasteiger partial charge is 0.249 e. The third-order valence-corrected chi connectivity index (χ3v) is 2.78. The highest BCUT2D eigenvalue weighted by molar-refractivity contribution is 7.09. The van der Waals surface area contributed by atoms with E-state index < -0.39 is 0 Å². The molecule has 0 aliphatic rings. The standard InChI is InChI=1S/C8H12N6S/c1-4(2)6-5(3-10-13-6)7-11-8(12-9)14-15-7/h3-4H,9H2,1-2H3,(H,10,13)(H,12,14). The van der Waals surface area contributed by atoms with Crippen molar-refractivity contribution in [2.24, 2.45) is 5.84 Å². The Morgan fingerprint density at radius 2 is 2.33 bits per heavy atom. The molecule has 0 radical (unpaired) electrons. The highest BCUT2D eigenvalue weighted by atomic mass is 32.1. The molecule has 7 heteroatoms. The molecule has 0 atom stereocenters. The van der Waals surface area contributed by atoms with E-state index in [0.29, 0.717) is 11.9 Å². The van der Waals surface area contributed by atoms with Gasteiger partial charge in [-0.1, -0.05) is 13.8 Å². The lowest BCUT2D eigenvalue weighted by Gasteiger charge is -2.02. The van der Waals surface area contributed by atoms with Gasteiger partial charge in [-0.3, -0.25) is 10.5 Å². The fourth-order valence-electron chi connectivity index (χ4n) is 1.30. The first-order valence-corrected chi connectivity index (χ1v) is 5.33. The number of nitrogens with one attached hydrogen (secondary N) is 2. The van der Waals surface area contributed by atoms with Crippen molar-refractivity contribution < 1.29 is 0 Å². The normalized spacial score (nSPS) is 10.9. The minimum atomic E-state index is 0.376. The lowest BCUT2D eigenvalue weighted by molar-refractivity contribution is 0.812. The molecule has 0 unspecified atom stereocenters. The van der Waals surface area contributed by atoms with Crippen LogP contribution < -0.4 is 11.3 Å². The van der Waals surface area contributed by atoms with E-state index in [1.807, 2.05) is 0 Å². The van der Waals surface area contributed by atoms with E-state index in [9.17, 15) is 0 Å². The summed E-state index contributed by atoms with van der Waals surface area (Å²) in [5.41, 5.74) is 4.47. The number of nitrogens with zero attached hydrogens (tertiary/aromatic N) is 3. The van der Waals surface area contributed by atoms with Crippen LogP contribution in [0.15, 0.2) is 6.20 Å². The number of aromatic amines is 1. The van der Waals surface area contributed by atoms with Gasteiger partial charge in [0, 0.05) is 5.69 Å². The zero-order valence-electron chi connectivity index (χ0n) is 8.48. The molecule has 6 nitrogen and oxygen atoms in total. The zero-order chi connectivity index (χ0) is 10.8. The zero-order valence-corrected chi connectivity index (χ0v) is 9.30. The molecule has 15 heavy (non-hydrogen) atoms. The van der Waals surface area contributed by atoms with Crippen molar-refractivity contribution in [3.63, 3.8) is 0 Å². The number of nitrogen functional groups attached to an aromatic ring is 1. The molecule has 0 spiro atoms. The minimum Gasteiger partial charge on any atom is -0.292 e. The Morgan fingerprint density at radius 1 is 1.53 bits per heavy atom. The highest BCUT2D eigenvalue weighted by Crippen LogP contribution is 2.28. The van der Waals surface area contributed by atoms with Crippen LogP contribution in [-0.2, 0) is 0 Å². The van der Waals surface area contributed by atoms with Gasteiger partial charge in [-0.25, -0.2) is 5.84 Å². The molecular weight excluding hydrogens is 212 g/mol. The minimum absolute atomic E-state index is 0.376. The van der Waals surface area contributed by atoms with Crippen LogP contribution in [0.2, 0.25) is 0 Å². The third-order valence-electron chi connectivity index (χ3n) is 2.03. The van der Waals surface area contributed by atoms with Gasteiger partial charge in [0.15, 0.2) is 0 Å². The number of hydrogen-bond donors (Lipinski definition) is 3. The number of hydrogen-bond acceptors (Lipinski definition) is 6. The Bertz CT molecular complexity index is 445. The number of rotatable bonds is 3. The quantitative estimate of drug-likeness (QED) is 0.540. The van der Waals surface area contributed by atoms with Crippen molar-refractivity contribution in [3.05, 3.63) is 11.9 Å². The topological polar surface area (TPSA) is 92.5 Å². The second-order valence-corrected chi connectivity index (χ2v) is 4.17. The molecule has 0 fully saturated rings. The molecule has 0 aliphatic carbocycles. The average Bonchev–Trinajstić information content (AvgIpc) is 2.85. The molecule has 4 N–H and O–H groups in total. The van der Waals surface area contributed by atoms with Crippen molar-refractivity contribution in [1.82, 2.24) is 19.6 Å². The van der Waals surface area contributed by atoms with Crippen molar-refractivity contribution in [3.8, 4) is 10.6 Å². The fourth-order valence-corrected chi connectivity index (χ4v) is 1.95. The predicted molar refractivity (Wildman–Crippen MR) is 59.4 cm³/mol. The Kier molecular flexibility index (Phi) is 2.65. The molecule has 0 saturated heterocycles. The largest absolute Gasteiger partial charge is 0.292 e. The summed E-state index contributed by atoms with van der Waals surface area (Å²) in [6.07, 6.45) is 1.76. The summed E-state index contributed by atoms with van der Waals surface area (Å²) in [6.45, 7) is 4.19. The summed E-state index contributed by atoms with van der Waals surface area (Å²) in [5, 5.41) is 7.81. The van der Waals surface area contributed by atoms with Gasteiger partial charge < -0.3 is 0 Å². The van der Waals surface area contributed by atoms with Crippen LogP contribution in [0, 0.1) is 0 Å². The number of aromatic nitrogens is 4. The molecule has 0 bridgehead atoms. The van der Waals surface area contributed by atoms with Gasteiger partial charge in [-0.2, -0.15) is 14.5 Å². The maximum absolute atomic E-state index is 5.22. The number of anilines is 1. The first-order valence-electron chi connectivity index (χ1n) is 4.56. The molecule has 0 saturated carbocycles. The number of hydrazine groups is 1. The number of H-pyrrole nitrogens is 1. The lowest BCUT2D eigenvalue weighted by Crippen LogP contribution is -2.07. The molecular formula is C8H12N6S. The predicted octanol–water partition coefficient (Wildman–Crippen LogP) is 1.34. The molecule has 2 aromatic rings. The number of nitrogens with two attached hydrogens (primary N) is 1. The monoisotopic (exact) mass is 224 g/mol. The van der Waals surface area contributed by atoms with Crippen molar-refractivity contribution in [1.29, 1.82) is 0 Å². The van der Waals surface area contributed by atoms with E-state index in [1.165, 1.54) is 11.5 Å². The third kappa shape index (κ3) is 1.83. The Labute approximate surface area is 91.1 Å². The van der Waals surface area contributed by atoms with Crippen molar-refractivity contribution in [2.75, 3.05) is 5.43 Å². The molecule has 0 amide bonds. The Balaban J connectivity index is 2.40. The van der Waals surface area contributed by atoms with E-state index in [-0.39, 0.29) is 0 Å². The second kappa shape index (κ2) is 3.95. The van der Waals surface area contributed by atoms with Gasteiger partial charge in [-0.05, 0) is 17.5 Å². The van der Waals surface area contributed by atoms with Crippen molar-refractivity contribution >= 4 is 17.5 Å². The summed E-state index contributed by atoms with van der Waals surface area (Å²) in [5.74, 6) is 6.03. The van der Waals surface area contributed by atoms with Gasteiger partial charge in [0.2, 0.25) is 5.95 Å². The SMILES string of the molecule is CC(C)c1[nH]ncc1-c1nc(NN)ns1. The van der Waals surface area contributed by atoms with Crippen molar-refractivity contribution in [2.45, 2.75) is 19.8 Å². The summed E-state index contributed by atoms with van der Waals surface area (Å²) in [6, 6.07) is 0. The van der Waals surface area contributed by atoms with E-state index >= 15 is 0 Å². The van der Waals surface area contributed by atoms with Gasteiger partial charge in [0.25, 0.3) is 0 Å². The van der Waals surface area contributed by atoms with Crippen LogP contribution in [-0.4, -0.2) is 19.6 Å². The summed E-state index contributed by atoms with van der Waals surface area (Å²) in [7, 11) is 0. The Morgan fingerprint density at radius 3 is 2.93 bits per heavy atom. The molecule has 0 aromatic carbocycles. The summed E-state index contributed by atoms with van der Waals surface area (Å²) >= 11 is 1.30. The lowest BCUT2D eigenvalue weighted by atomic mass is 10.1. The molecule has 2 heterocycles. The first kappa shape index (κ1) is 10.1. The molecule has 80 valence electrons. The maximum Gasteiger partial charge on any atom is 0.249 e. The summed E-state index contributed by atoms with van der Waals surface area (Å²) in [4.78, 5) is 4.23. The summed E-state index contributed by atoms with van der Waals surface area (Å²) < 4.78 is 4.04. The van der Waals surface area contributed by atoms with Crippen LogP contribution in [0.4, 0.5) is 5.95 Å². The van der Waals surface area contributed by atoms with Crippen LogP contribution in [0.5, 0.6) is 0 Å². The first-order chi connectivity index (χ1) is 7.22. The second-order valence-electron chi connectivity index (χ2n) is 3.42. The van der Waals surface area contributed by atoms with Gasteiger partial charge >= 0.3 is 0 Å². The van der Waals surface area contributed by atoms with Crippen LogP contribution >= 0.6 is 11.5 Å². The van der Waals surface area contributed by atoms with E-state index in [1.54, 1.807) is 6.20 Å². The average molecular weight is 224 g/mol. The van der Waals surface area contributed by atoms with Crippen LogP contribution in [0.1, 0.15) is 25.5 Å². The molecule has 0 aliphatic heterocycles.